The topological polar surface area (TPSA) is 89.8 Å². The Balaban J connectivity index is 1.63. The Bertz CT molecular complexity index is 759. The summed E-state index contributed by atoms with van der Waals surface area (Å²) in [5, 5.41) is 10.6. The second-order valence-electron chi connectivity index (χ2n) is 6.02. The Kier molecular flexibility index (Phi) is 4.80. The van der Waals surface area contributed by atoms with Crippen molar-refractivity contribution in [3.05, 3.63) is 50.5 Å². The molecular weight excluding hydrogens is 344 g/mol. The van der Waals surface area contributed by atoms with Gasteiger partial charge in [-0.2, -0.15) is 0 Å². The van der Waals surface area contributed by atoms with Crippen LogP contribution in [0.3, 0.4) is 0 Å². The number of allylic oxidation sites excluding steroid dienone is 1. The van der Waals surface area contributed by atoms with Gasteiger partial charge in [-0.25, -0.2) is 4.79 Å². The zero-order valence-corrected chi connectivity index (χ0v) is 14.7. The van der Waals surface area contributed by atoms with Gasteiger partial charge in [0.25, 0.3) is 5.69 Å². The molecule has 2 heterocycles. The van der Waals surface area contributed by atoms with Crippen molar-refractivity contribution in [1.29, 1.82) is 0 Å². The number of hydrogen-bond donors (Lipinski definition) is 0. The van der Waals surface area contributed by atoms with Crippen LogP contribution < -0.4 is 0 Å². The third-order valence-electron chi connectivity index (χ3n) is 4.34. The van der Waals surface area contributed by atoms with Crippen LogP contribution in [0.2, 0.25) is 0 Å². The molecule has 132 valence electrons. The molecule has 8 heteroatoms. The van der Waals surface area contributed by atoms with Gasteiger partial charge in [0.1, 0.15) is 12.3 Å². The molecule has 25 heavy (non-hydrogen) atoms. The number of esters is 1. The Morgan fingerprint density at radius 1 is 1.36 bits per heavy atom. The number of thioether (sulfide) groups is 1. The Hall–Kier alpha value is -2.35. The molecule has 1 amide bonds. The minimum absolute atomic E-state index is 0.00333. The molecule has 1 aromatic rings. The van der Waals surface area contributed by atoms with Gasteiger partial charge in [0, 0.05) is 17.0 Å². The molecule has 2 aliphatic heterocycles. The van der Waals surface area contributed by atoms with Crippen LogP contribution in [0.15, 0.2) is 34.9 Å². The molecule has 2 aliphatic rings. The van der Waals surface area contributed by atoms with Gasteiger partial charge in [-0.15, -0.1) is 11.8 Å². The monoisotopic (exact) mass is 362 g/mol. The van der Waals surface area contributed by atoms with Crippen LogP contribution in [-0.4, -0.2) is 27.1 Å². The molecule has 0 aromatic heterocycles. The minimum atomic E-state index is -0.533. The number of hydrogen-bond acceptors (Lipinski definition) is 6. The highest BCUT2D eigenvalue weighted by molar-refractivity contribution is 8.04. The van der Waals surface area contributed by atoms with E-state index >= 15 is 0 Å². The van der Waals surface area contributed by atoms with Crippen LogP contribution >= 0.6 is 11.8 Å². The van der Waals surface area contributed by atoms with Crippen molar-refractivity contribution in [2.24, 2.45) is 5.92 Å². The molecule has 0 N–H and O–H groups in total. The summed E-state index contributed by atoms with van der Waals surface area (Å²) in [6.07, 6.45) is 1.76. The van der Waals surface area contributed by atoms with E-state index in [-0.39, 0.29) is 29.5 Å². The largest absolute Gasteiger partial charge is 0.456 e. The molecule has 3 rings (SSSR count). The summed E-state index contributed by atoms with van der Waals surface area (Å²) < 4.78 is 5.31. The molecule has 0 bridgehead atoms. The first-order chi connectivity index (χ1) is 11.9. The van der Waals surface area contributed by atoms with E-state index in [9.17, 15) is 19.7 Å². The number of amides is 1. The van der Waals surface area contributed by atoms with Gasteiger partial charge in [0.05, 0.1) is 16.2 Å². The third kappa shape index (κ3) is 3.13. The van der Waals surface area contributed by atoms with Crippen LogP contribution in [-0.2, 0) is 20.9 Å². The average Bonchev–Trinajstić information content (AvgIpc) is 2.91. The molecule has 1 fully saturated rings. The number of ether oxygens (including phenoxy) is 1. The summed E-state index contributed by atoms with van der Waals surface area (Å²) in [7, 11) is 0. The summed E-state index contributed by atoms with van der Waals surface area (Å²) >= 11 is 1.54. The lowest BCUT2D eigenvalue weighted by atomic mass is 9.92. The van der Waals surface area contributed by atoms with Crippen LogP contribution in [0, 0.1) is 16.0 Å². The second-order valence-corrected chi connectivity index (χ2v) is 7.35. The molecule has 1 aromatic carbocycles. The highest BCUT2D eigenvalue weighted by Crippen LogP contribution is 2.50. The summed E-state index contributed by atoms with van der Waals surface area (Å²) in [5.41, 5.74) is 0.962. The lowest BCUT2D eigenvalue weighted by Crippen LogP contribution is -2.57. The van der Waals surface area contributed by atoms with E-state index in [1.54, 1.807) is 17.0 Å². The number of nitro benzene ring substituents is 1. The van der Waals surface area contributed by atoms with Crippen molar-refractivity contribution in [2.75, 3.05) is 0 Å². The van der Waals surface area contributed by atoms with Crippen LogP contribution in [0.1, 0.15) is 32.3 Å². The second kappa shape index (κ2) is 6.87. The molecule has 0 spiro atoms. The van der Waals surface area contributed by atoms with Crippen LogP contribution in [0.4, 0.5) is 5.69 Å². The lowest BCUT2D eigenvalue weighted by Gasteiger charge is -2.42. The van der Waals surface area contributed by atoms with Crippen molar-refractivity contribution >= 4 is 29.3 Å². The van der Waals surface area contributed by atoms with Gasteiger partial charge in [-0.05, 0) is 31.0 Å². The van der Waals surface area contributed by atoms with E-state index in [1.165, 1.54) is 23.9 Å². The smallest absolute Gasteiger partial charge is 0.356 e. The van der Waals surface area contributed by atoms with Gasteiger partial charge in [-0.3, -0.25) is 19.8 Å². The van der Waals surface area contributed by atoms with E-state index in [0.717, 1.165) is 17.7 Å². The van der Waals surface area contributed by atoms with Gasteiger partial charge >= 0.3 is 5.97 Å². The standard InChI is InChI=1S/C17H18N2O5S/c1-3-4-13-15(20)18-14(10(2)25-16(13)18)17(21)24-9-11-5-7-12(8-6-11)19(22)23/h5-8,13,16H,3-4,9H2,1-2H3/t13-,16+/m0/s1. The maximum atomic E-state index is 12.4. The van der Waals surface area contributed by atoms with Crippen LogP contribution in [0.25, 0.3) is 0 Å². The molecular formula is C17H18N2O5S. The SMILES string of the molecule is CCC[C@H]1C(=O)N2C(C(=O)OCc3ccc([N+](=O)[O-])cc3)=C(C)S[C@H]12. The molecule has 1 saturated heterocycles. The fraction of sp³-hybridized carbons (Fsp3) is 0.412. The first-order valence-corrected chi connectivity index (χ1v) is 8.93. The first-order valence-electron chi connectivity index (χ1n) is 8.05. The predicted molar refractivity (Wildman–Crippen MR) is 92.2 cm³/mol. The number of carbonyl (C=O) groups is 2. The fourth-order valence-corrected chi connectivity index (χ4v) is 4.44. The number of non-ortho nitro benzene ring substituents is 1. The van der Waals surface area contributed by atoms with E-state index < -0.39 is 10.9 Å². The number of rotatable bonds is 6. The van der Waals surface area contributed by atoms with E-state index in [4.69, 9.17) is 4.74 Å². The van der Waals surface area contributed by atoms with E-state index in [2.05, 4.69) is 0 Å². The Morgan fingerprint density at radius 2 is 2.04 bits per heavy atom. The average molecular weight is 362 g/mol. The molecule has 0 aliphatic carbocycles. The molecule has 7 nitrogen and oxygen atoms in total. The zero-order valence-electron chi connectivity index (χ0n) is 13.9. The normalized spacial score (nSPS) is 21.8. The summed E-state index contributed by atoms with van der Waals surface area (Å²) in [5.74, 6) is -0.572. The highest BCUT2D eigenvalue weighted by Gasteiger charge is 2.54. The van der Waals surface area contributed by atoms with Crippen molar-refractivity contribution in [1.82, 2.24) is 4.90 Å². The van der Waals surface area contributed by atoms with Crippen molar-refractivity contribution in [3.63, 3.8) is 0 Å². The van der Waals surface area contributed by atoms with Crippen molar-refractivity contribution in [3.8, 4) is 0 Å². The van der Waals surface area contributed by atoms with Crippen LogP contribution in [0.5, 0.6) is 0 Å². The maximum Gasteiger partial charge on any atom is 0.356 e. The summed E-state index contributed by atoms with van der Waals surface area (Å²) in [6.45, 7) is 3.86. The summed E-state index contributed by atoms with van der Waals surface area (Å²) in [4.78, 5) is 37.2. The minimum Gasteiger partial charge on any atom is -0.456 e. The molecule has 0 saturated carbocycles. The first kappa shape index (κ1) is 17.5. The highest BCUT2D eigenvalue weighted by atomic mass is 32.2. The molecule has 2 atom stereocenters. The maximum absolute atomic E-state index is 12.4. The predicted octanol–water partition coefficient (Wildman–Crippen LogP) is 3.20. The molecule has 0 unspecified atom stereocenters. The number of nitrogens with zero attached hydrogens (tertiary/aromatic N) is 2. The quantitative estimate of drug-likeness (QED) is 0.334. The third-order valence-corrected chi connectivity index (χ3v) is 5.66. The Labute approximate surface area is 149 Å². The van der Waals surface area contributed by atoms with Gasteiger partial charge in [0.15, 0.2) is 0 Å². The van der Waals surface area contributed by atoms with E-state index in [1.807, 2.05) is 13.8 Å². The lowest BCUT2D eigenvalue weighted by molar-refractivity contribution is -0.384. The number of carbonyl (C=O) groups excluding carboxylic acids is 2. The number of nitro groups is 1. The zero-order chi connectivity index (χ0) is 18.1. The van der Waals surface area contributed by atoms with E-state index in [0.29, 0.717) is 11.3 Å². The Morgan fingerprint density at radius 3 is 2.64 bits per heavy atom. The number of benzene rings is 1. The number of fused-ring (bicyclic) bond motifs is 1. The van der Waals surface area contributed by atoms with Gasteiger partial charge in [-0.1, -0.05) is 13.3 Å². The van der Waals surface area contributed by atoms with Gasteiger partial charge in [0.2, 0.25) is 5.91 Å². The number of β-lactam (4-membered cyclic amide) rings is 1. The fourth-order valence-electron chi connectivity index (χ4n) is 3.05. The van der Waals surface area contributed by atoms with Gasteiger partial charge < -0.3 is 4.74 Å². The van der Waals surface area contributed by atoms with Crippen molar-refractivity contribution in [2.45, 2.75) is 38.7 Å². The molecule has 0 radical (unpaired) electrons. The summed E-state index contributed by atoms with van der Waals surface area (Å²) in [6, 6.07) is 5.82. The van der Waals surface area contributed by atoms with Crippen molar-refractivity contribution < 1.29 is 19.2 Å².